The van der Waals surface area contributed by atoms with Crippen LogP contribution in [0.4, 0.5) is 4.79 Å². The van der Waals surface area contributed by atoms with Gasteiger partial charge >= 0.3 is 30.0 Å². The summed E-state index contributed by atoms with van der Waals surface area (Å²) in [7, 11) is 2.68. The molecule has 2 saturated heterocycles. The zero-order valence-corrected chi connectivity index (χ0v) is 34.0. The fourth-order valence-electron chi connectivity index (χ4n) is 6.30. The maximum Gasteiger partial charge on any atom is 0.411 e. The van der Waals surface area contributed by atoms with E-state index in [0.29, 0.717) is 31.8 Å². The van der Waals surface area contributed by atoms with Crippen LogP contribution in [0.5, 0.6) is 0 Å². The van der Waals surface area contributed by atoms with Crippen molar-refractivity contribution in [2.75, 3.05) is 27.3 Å². The van der Waals surface area contributed by atoms with Gasteiger partial charge in [0.05, 0.1) is 20.3 Å². The first-order chi connectivity index (χ1) is 23.0. The molecule has 0 saturated carbocycles. The van der Waals surface area contributed by atoms with Crippen LogP contribution in [0.15, 0.2) is 0 Å². The maximum absolute atomic E-state index is 13.0. The van der Waals surface area contributed by atoms with Crippen LogP contribution in [0, 0.1) is 22.7 Å². The molecule has 296 valence electrons. The highest BCUT2D eigenvalue weighted by Crippen LogP contribution is 2.33. The number of esters is 3. The van der Waals surface area contributed by atoms with E-state index in [1.807, 2.05) is 69.2 Å². The molecule has 0 spiro atoms. The van der Waals surface area contributed by atoms with Crippen LogP contribution in [-0.4, -0.2) is 115 Å². The number of amides is 1. The van der Waals surface area contributed by atoms with E-state index in [-0.39, 0.29) is 41.4 Å². The molecule has 0 aromatic rings. The maximum atomic E-state index is 13.0. The summed E-state index contributed by atoms with van der Waals surface area (Å²) < 4.78 is 20.8. The Hall–Kier alpha value is -2.97. The Balaban J connectivity index is 0.000000560. The van der Waals surface area contributed by atoms with E-state index in [0.717, 1.165) is 0 Å². The molecule has 0 aromatic heterocycles. The SMILES string of the molecule is COC(=O)[C@@H]1C[C@@H](C)[C@@H](CN[C@@H](C(=O)O)C(C)(C)C)N1.COC(=O)[C@@H]1C[C@@H](C)[C@@H](CN[C@@H](C(=O)OC(C)(C)C)C(C)(C)C)N1C(=O)OC(C)(C)C. The van der Waals surface area contributed by atoms with E-state index in [2.05, 4.69) is 22.9 Å². The number of carbonyl (C=O) groups is 5. The summed E-state index contributed by atoms with van der Waals surface area (Å²) in [5.74, 6) is -1.64. The molecule has 2 aliphatic heterocycles. The molecule has 2 heterocycles. The highest BCUT2D eigenvalue weighted by Gasteiger charge is 2.48. The molecule has 8 atom stereocenters. The number of nitrogens with one attached hydrogen (secondary N) is 3. The summed E-state index contributed by atoms with van der Waals surface area (Å²) >= 11 is 0. The number of aliphatic carboxylic acids is 1. The van der Waals surface area contributed by atoms with Gasteiger partial charge in [0.2, 0.25) is 0 Å². The molecule has 1 amide bonds. The van der Waals surface area contributed by atoms with Gasteiger partial charge in [-0.2, -0.15) is 0 Å². The molecule has 0 unspecified atom stereocenters. The summed E-state index contributed by atoms with van der Waals surface area (Å²) in [6.07, 6.45) is 0.612. The summed E-state index contributed by atoms with van der Waals surface area (Å²) in [6, 6.07) is -2.49. The van der Waals surface area contributed by atoms with E-state index >= 15 is 0 Å². The number of hydrogen-bond donors (Lipinski definition) is 4. The van der Waals surface area contributed by atoms with Crippen molar-refractivity contribution in [3.8, 4) is 0 Å². The fraction of sp³-hybridized carbons (Fsp3) is 0.865. The number of carbonyl (C=O) groups excluding carboxylic acids is 4. The van der Waals surface area contributed by atoms with Gasteiger partial charge in [-0.3, -0.25) is 19.3 Å². The molecule has 4 N–H and O–H groups in total. The summed E-state index contributed by atoms with van der Waals surface area (Å²) in [5.41, 5.74) is -2.09. The number of ether oxygens (including phenoxy) is 4. The lowest BCUT2D eigenvalue weighted by Crippen LogP contribution is -2.55. The molecule has 0 radical (unpaired) electrons. The first-order valence-electron chi connectivity index (χ1n) is 17.9. The average molecular weight is 729 g/mol. The van der Waals surface area contributed by atoms with Gasteiger partial charge in [0.15, 0.2) is 0 Å². The zero-order valence-electron chi connectivity index (χ0n) is 34.0. The van der Waals surface area contributed by atoms with Crippen molar-refractivity contribution in [2.24, 2.45) is 22.7 Å². The number of rotatable bonds is 10. The first kappa shape index (κ1) is 46.1. The van der Waals surface area contributed by atoms with E-state index in [4.69, 9.17) is 18.9 Å². The Labute approximate surface area is 305 Å². The van der Waals surface area contributed by atoms with Crippen molar-refractivity contribution in [3.63, 3.8) is 0 Å². The number of carboxylic acids is 1. The molecule has 0 aromatic carbocycles. The molecule has 2 fully saturated rings. The quantitative estimate of drug-likeness (QED) is 0.186. The van der Waals surface area contributed by atoms with Crippen molar-refractivity contribution in [1.29, 1.82) is 0 Å². The van der Waals surface area contributed by atoms with Crippen LogP contribution in [-0.2, 0) is 38.1 Å². The van der Waals surface area contributed by atoms with Gasteiger partial charge in [0.25, 0.3) is 0 Å². The van der Waals surface area contributed by atoms with Crippen LogP contribution in [0.1, 0.15) is 110 Å². The normalized spacial score (nSPS) is 25.2. The van der Waals surface area contributed by atoms with Crippen LogP contribution in [0.3, 0.4) is 0 Å². The van der Waals surface area contributed by atoms with Crippen molar-refractivity contribution in [3.05, 3.63) is 0 Å². The van der Waals surface area contributed by atoms with Crippen molar-refractivity contribution < 1.29 is 48.0 Å². The number of carboxylic acid groups (broad SMARTS) is 1. The van der Waals surface area contributed by atoms with Crippen LogP contribution < -0.4 is 16.0 Å². The second-order valence-corrected chi connectivity index (χ2v) is 18.1. The van der Waals surface area contributed by atoms with Gasteiger partial charge in [-0.15, -0.1) is 0 Å². The van der Waals surface area contributed by atoms with Gasteiger partial charge in [0.1, 0.15) is 35.4 Å². The second-order valence-electron chi connectivity index (χ2n) is 18.1. The molecular weight excluding hydrogens is 660 g/mol. The molecule has 14 nitrogen and oxygen atoms in total. The van der Waals surface area contributed by atoms with Gasteiger partial charge in [-0.25, -0.2) is 9.59 Å². The minimum atomic E-state index is -0.854. The number of hydrogen-bond acceptors (Lipinski definition) is 12. The summed E-state index contributed by atoms with van der Waals surface area (Å²) in [6.45, 7) is 27.2. The van der Waals surface area contributed by atoms with Crippen molar-refractivity contribution >= 4 is 30.0 Å². The Bertz CT molecular complexity index is 1200. The predicted octanol–water partition coefficient (Wildman–Crippen LogP) is 4.13. The van der Waals surface area contributed by atoms with Crippen LogP contribution in [0.2, 0.25) is 0 Å². The summed E-state index contributed by atoms with van der Waals surface area (Å²) in [5, 5.41) is 18.9. The van der Waals surface area contributed by atoms with E-state index in [1.165, 1.54) is 19.1 Å². The lowest BCUT2D eigenvalue weighted by molar-refractivity contribution is -0.160. The highest BCUT2D eigenvalue weighted by atomic mass is 16.6. The van der Waals surface area contributed by atoms with Gasteiger partial charge in [0, 0.05) is 19.1 Å². The molecule has 0 bridgehead atoms. The molecular formula is C37H68N4O10. The fourth-order valence-corrected chi connectivity index (χ4v) is 6.30. The Morgan fingerprint density at radius 3 is 1.65 bits per heavy atom. The van der Waals surface area contributed by atoms with E-state index in [9.17, 15) is 29.1 Å². The minimum absolute atomic E-state index is 0.00312. The molecule has 14 heteroatoms. The smallest absolute Gasteiger partial charge is 0.411 e. The van der Waals surface area contributed by atoms with E-state index in [1.54, 1.807) is 20.8 Å². The first-order valence-corrected chi connectivity index (χ1v) is 17.9. The lowest BCUT2D eigenvalue weighted by atomic mass is 9.86. The van der Waals surface area contributed by atoms with Crippen LogP contribution >= 0.6 is 0 Å². The minimum Gasteiger partial charge on any atom is -0.480 e. The molecule has 2 aliphatic rings. The third-order valence-corrected chi connectivity index (χ3v) is 8.91. The second kappa shape index (κ2) is 18.2. The number of nitrogens with zero attached hydrogens (tertiary/aromatic N) is 1. The predicted molar refractivity (Wildman–Crippen MR) is 194 cm³/mol. The van der Waals surface area contributed by atoms with Crippen LogP contribution in [0.25, 0.3) is 0 Å². The monoisotopic (exact) mass is 728 g/mol. The Morgan fingerprint density at radius 1 is 0.725 bits per heavy atom. The molecule has 0 aliphatic carbocycles. The molecule has 51 heavy (non-hydrogen) atoms. The highest BCUT2D eigenvalue weighted by molar-refractivity contribution is 5.83. The standard InChI is InChI=1S/C23H42N2O6.C14H26N2O4/c1-14-12-15(18(26)29-11)25(20(28)31-23(8,9)10)16(14)13-24-17(21(2,3)4)19(27)30-22(5,6)7;1-8-6-9(13(19)20-5)16-10(8)7-15-11(12(17)18)14(2,3)4/h14-17,24H,12-13H2,1-11H3;8-11,15-16H,6-7H2,1-5H3,(H,17,18)/t14-,15+,16-,17+;8-,9+,10-,11+/m11/s1. The van der Waals surface area contributed by atoms with Gasteiger partial charge < -0.3 is 40.0 Å². The largest absolute Gasteiger partial charge is 0.480 e. The summed E-state index contributed by atoms with van der Waals surface area (Å²) in [4.78, 5) is 62.5. The third kappa shape index (κ3) is 14.5. The number of likely N-dealkylation sites (tertiary alicyclic amines) is 1. The third-order valence-electron chi connectivity index (χ3n) is 8.91. The lowest BCUT2D eigenvalue weighted by Gasteiger charge is -2.36. The van der Waals surface area contributed by atoms with Crippen molar-refractivity contribution in [2.45, 2.75) is 157 Å². The number of methoxy groups -OCH3 is 2. The zero-order chi connectivity index (χ0) is 39.9. The molecule has 2 rings (SSSR count). The van der Waals surface area contributed by atoms with Crippen molar-refractivity contribution in [1.82, 2.24) is 20.9 Å². The Kier molecular flexibility index (Phi) is 16.4. The topological polar surface area (TPSA) is 182 Å². The van der Waals surface area contributed by atoms with Gasteiger partial charge in [-0.1, -0.05) is 55.4 Å². The average Bonchev–Trinajstić information content (AvgIpc) is 3.48. The van der Waals surface area contributed by atoms with E-state index < -0.39 is 52.8 Å². The van der Waals surface area contributed by atoms with Gasteiger partial charge in [-0.05, 0) is 77.0 Å². The Morgan fingerprint density at radius 2 is 1.22 bits per heavy atom.